The number of nitrogens with one attached hydrogen (secondary N) is 1. The number of thiazole rings is 1. The van der Waals surface area contributed by atoms with E-state index in [0.29, 0.717) is 0 Å². The van der Waals surface area contributed by atoms with Crippen molar-refractivity contribution in [1.82, 2.24) is 10.3 Å². The molecule has 1 aliphatic rings. The van der Waals surface area contributed by atoms with Crippen molar-refractivity contribution >= 4 is 11.3 Å². The number of hydrogen-bond donors (Lipinski definition) is 1. The lowest BCUT2D eigenvalue weighted by atomic mass is 10.1. The molecule has 19 heavy (non-hydrogen) atoms. The molecule has 1 aromatic heterocycles. The summed E-state index contributed by atoms with van der Waals surface area (Å²) in [5.41, 5.74) is 1.77. The van der Waals surface area contributed by atoms with E-state index in [2.05, 4.69) is 10.3 Å². The molecule has 1 aliphatic carbocycles. The first-order valence-corrected chi connectivity index (χ1v) is 7.47. The van der Waals surface area contributed by atoms with Crippen molar-refractivity contribution in [3.05, 3.63) is 40.0 Å². The van der Waals surface area contributed by atoms with Crippen LogP contribution in [-0.4, -0.2) is 11.5 Å². The Morgan fingerprint density at radius 2 is 2.26 bits per heavy atom. The number of benzene rings is 1. The van der Waals surface area contributed by atoms with Gasteiger partial charge in [0.15, 0.2) is 0 Å². The Hall–Kier alpha value is -1.26. The van der Waals surface area contributed by atoms with Gasteiger partial charge >= 0.3 is 0 Å². The van der Waals surface area contributed by atoms with Gasteiger partial charge in [0.05, 0.1) is 5.69 Å². The number of aryl methyl sites for hydroxylation is 1. The summed E-state index contributed by atoms with van der Waals surface area (Å²) in [7, 11) is 0. The molecule has 1 fully saturated rings. The maximum absolute atomic E-state index is 13.3. The first-order chi connectivity index (χ1) is 9.22. The molecule has 3 rings (SSSR count). The Morgan fingerprint density at radius 1 is 1.42 bits per heavy atom. The first-order valence-electron chi connectivity index (χ1n) is 6.65. The van der Waals surface area contributed by atoms with Crippen molar-refractivity contribution in [1.29, 1.82) is 0 Å². The largest absolute Gasteiger partial charge is 0.310 e. The Balaban J connectivity index is 1.72. The third-order valence-corrected chi connectivity index (χ3v) is 4.32. The molecule has 2 aromatic rings. The topological polar surface area (TPSA) is 24.9 Å². The minimum Gasteiger partial charge on any atom is -0.310 e. The van der Waals surface area contributed by atoms with Gasteiger partial charge in [-0.05, 0) is 44.4 Å². The van der Waals surface area contributed by atoms with Crippen LogP contribution >= 0.6 is 11.3 Å². The zero-order chi connectivity index (χ0) is 13.2. The molecule has 0 bridgehead atoms. The van der Waals surface area contributed by atoms with Crippen molar-refractivity contribution in [3.63, 3.8) is 0 Å². The minimum atomic E-state index is -0.210. The molecule has 0 saturated heterocycles. The van der Waals surface area contributed by atoms with Crippen LogP contribution in [0.4, 0.5) is 4.39 Å². The van der Waals surface area contributed by atoms with E-state index in [9.17, 15) is 4.39 Å². The van der Waals surface area contributed by atoms with Gasteiger partial charge in [-0.2, -0.15) is 0 Å². The van der Waals surface area contributed by atoms with E-state index in [4.69, 9.17) is 0 Å². The van der Waals surface area contributed by atoms with E-state index in [1.165, 1.54) is 18.9 Å². The number of aromatic nitrogens is 1. The molecular weight excluding hydrogens is 259 g/mol. The van der Waals surface area contributed by atoms with E-state index < -0.39 is 0 Å². The standard InChI is InChI=1S/C15H17FN2S/c1-10-15(12-3-2-4-13(16)7-12)18-14(19-10)9-17-8-11-5-6-11/h2-4,7,11,17H,5-6,8-9H2,1H3. The van der Waals surface area contributed by atoms with Gasteiger partial charge in [0.25, 0.3) is 0 Å². The second-order valence-corrected chi connectivity index (χ2v) is 6.38. The molecule has 1 heterocycles. The second-order valence-electron chi connectivity index (χ2n) is 5.10. The fourth-order valence-electron chi connectivity index (χ4n) is 2.14. The SMILES string of the molecule is Cc1sc(CNCC2CC2)nc1-c1cccc(F)c1. The summed E-state index contributed by atoms with van der Waals surface area (Å²) in [6.07, 6.45) is 2.72. The van der Waals surface area contributed by atoms with Crippen molar-refractivity contribution in [2.24, 2.45) is 5.92 Å². The van der Waals surface area contributed by atoms with Gasteiger partial charge in [0.1, 0.15) is 10.8 Å². The fourth-order valence-corrected chi connectivity index (χ4v) is 3.06. The van der Waals surface area contributed by atoms with Gasteiger partial charge in [0, 0.05) is 17.0 Å². The summed E-state index contributed by atoms with van der Waals surface area (Å²) in [4.78, 5) is 5.77. The smallest absolute Gasteiger partial charge is 0.123 e. The van der Waals surface area contributed by atoms with Crippen LogP contribution in [0, 0.1) is 18.7 Å². The number of halogens is 1. The summed E-state index contributed by atoms with van der Waals surface area (Å²) in [6.45, 7) is 3.95. The van der Waals surface area contributed by atoms with Crippen LogP contribution in [0.5, 0.6) is 0 Å². The van der Waals surface area contributed by atoms with Crippen molar-refractivity contribution in [3.8, 4) is 11.3 Å². The van der Waals surface area contributed by atoms with Crippen LogP contribution < -0.4 is 5.32 Å². The Morgan fingerprint density at radius 3 is 3.00 bits per heavy atom. The molecule has 1 aromatic carbocycles. The number of rotatable bonds is 5. The van der Waals surface area contributed by atoms with Crippen LogP contribution in [0.3, 0.4) is 0 Å². The highest BCUT2D eigenvalue weighted by atomic mass is 32.1. The quantitative estimate of drug-likeness (QED) is 0.899. The van der Waals surface area contributed by atoms with Crippen LogP contribution in [-0.2, 0) is 6.54 Å². The third kappa shape index (κ3) is 3.19. The van der Waals surface area contributed by atoms with E-state index in [1.807, 2.05) is 13.0 Å². The fraction of sp³-hybridized carbons (Fsp3) is 0.400. The maximum Gasteiger partial charge on any atom is 0.123 e. The molecule has 0 atom stereocenters. The highest BCUT2D eigenvalue weighted by molar-refractivity contribution is 7.12. The Labute approximate surface area is 116 Å². The molecule has 1 N–H and O–H groups in total. The van der Waals surface area contributed by atoms with Crippen molar-refractivity contribution < 1.29 is 4.39 Å². The molecule has 0 aliphatic heterocycles. The summed E-state index contributed by atoms with van der Waals surface area (Å²) in [5, 5.41) is 4.52. The van der Waals surface area contributed by atoms with Crippen LogP contribution in [0.1, 0.15) is 22.7 Å². The molecule has 2 nitrogen and oxygen atoms in total. The highest BCUT2D eigenvalue weighted by Crippen LogP contribution is 2.29. The molecule has 4 heteroatoms. The summed E-state index contributed by atoms with van der Waals surface area (Å²) in [6, 6.07) is 6.65. The third-order valence-electron chi connectivity index (χ3n) is 3.35. The Kier molecular flexibility index (Phi) is 3.62. The average molecular weight is 276 g/mol. The lowest BCUT2D eigenvalue weighted by molar-refractivity contribution is 0.628. The van der Waals surface area contributed by atoms with E-state index >= 15 is 0 Å². The van der Waals surface area contributed by atoms with Gasteiger partial charge in [-0.15, -0.1) is 11.3 Å². The lowest BCUT2D eigenvalue weighted by Gasteiger charge is -2.00. The molecule has 100 valence electrons. The first kappa shape index (κ1) is 12.8. The maximum atomic E-state index is 13.3. The predicted molar refractivity (Wildman–Crippen MR) is 76.7 cm³/mol. The van der Waals surface area contributed by atoms with E-state index in [1.54, 1.807) is 23.5 Å². The zero-order valence-corrected chi connectivity index (χ0v) is 11.8. The lowest BCUT2D eigenvalue weighted by Crippen LogP contribution is -2.15. The van der Waals surface area contributed by atoms with Crippen molar-refractivity contribution in [2.75, 3.05) is 6.54 Å². The summed E-state index contributed by atoms with van der Waals surface area (Å²) in [5.74, 6) is 0.669. The molecular formula is C15H17FN2S. The van der Waals surface area contributed by atoms with Gasteiger partial charge < -0.3 is 5.32 Å². The Bertz CT molecular complexity index is 575. The van der Waals surface area contributed by atoms with Crippen LogP contribution in [0.25, 0.3) is 11.3 Å². The molecule has 0 unspecified atom stereocenters. The molecule has 1 saturated carbocycles. The summed E-state index contributed by atoms with van der Waals surface area (Å²) >= 11 is 1.69. The average Bonchev–Trinajstić information content (AvgIpc) is 3.12. The van der Waals surface area contributed by atoms with Gasteiger partial charge in [0.2, 0.25) is 0 Å². The highest BCUT2D eigenvalue weighted by Gasteiger charge is 2.20. The van der Waals surface area contributed by atoms with E-state index in [-0.39, 0.29) is 5.82 Å². The summed E-state index contributed by atoms with van der Waals surface area (Å²) < 4.78 is 13.3. The van der Waals surface area contributed by atoms with Crippen molar-refractivity contribution in [2.45, 2.75) is 26.3 Å². The van der Waals surface area contributed by atoms with Gasteiger partial charge in [-0.25, -0.2) is 9.37 Å². The van der Waals surface area contributed by atoms with Crippen LogP contribution in [0.15, 0.2) is 24.3 Å². The number of hydrogen-bond acceptors (Lipinski definition) is 3. The monoisotopic (exact) mass is 276 g/mol. The normalized spacial score (nSPS) is 14.8. The van der Waals surface area contributed by atoms with Gasteiger partial charge in [-0.1, -0.05) is 12.1 Å². The second kappa shape index (κ2) is 5.39. The molecule has 0 spiro atoms. The molecule has 0 amide bonds. The van der Waals surface area contributed by atoms with Gasteiger partial charge in [-0.3, -0.25) is 0 Å². The minimum absolute atomic E-state index is 0.210. The molecule has 0 radical (unpaired) electrons. The number of nitrogens with zero attached hydrogens (tertiary/aromatic N) is 1. The predicted octanol–water partition coefficient (Wildman–Crippen LogP) is 3.76. The van der Waals surface area contributed by atoms with E-state index in [0.717, 1.165) is 40.1 Å². The van der Waals surface area contributed by atoms with Crippen LogP contribution in [0.2, 0.25) is 0 Å². The zero-order valence-electron chi connectivity index (χ0n) is 10.9.